The van der Waals surface area contributed by atoms with Crippen molar-refractivity contribution in [3.63, 3.8) is 0 Å². The third-order valence-corrected chi connectivity index (χ3v) is 5.64. The maximum absolute atomic E-state index is 13.5. The summed E-state index contributed by atoms with van der Waals surface area (Å²) in [6.45, 7) is 0.289. The monoisotopic (exact) mass is 509 g/mol. The van der Waals surface area contributed by atoms with Gasteiger partial charge in [0.25, 0.3) is 5.69 Å². The van der Waals surface area contributed by atoms with Crippen LogP contribution in [0.15, 0.2) is 78.9 Å². The number of ether oxygens (including phenoxy) is 1. The van der Waals surface area contributed by atoms with Gasteiger partial charge >= 0.3 is 5.97 Å². The van der Waals surface area contributed by atoms with Gasteiger partial charge in [0.15, 0.2) is 0 Å². The Balaban J connectivity index is 2.01. The van der Waals surface area contributed by atoms with Crippen molar-refractivity contribution in [2.75, 3.05) is 24.4 Å². The van der Waals surface area contributed by atoms with E-state index in [1.165, 1.54) is 48.4 Å². The summed E-state index contributed by atoms with van der Waals surface area (Å²) in [5.74, 6) is -2.17. The Morgan fingerprint density at radius 3 is 2.33 bits per heavy atom. The van der Waals surface area contributed by atoms with Gasteiger partial charge in [-0.2, -0.15) is 0 Å². The standard InChI is InChI=1S/C26H24ClN3O6/c1-36-26(33)20-8-5-9-22(16-20)29(23(31)17-27)24(19-10-12-21(13-11-19)30(34)35)25(32)28-15-14-18-6-3-2-4-7-18/h2-13,16,24H,14-15,17H2,1H3,(H,28,32). The molecule has 0 aromatic heterocycles. The number of nitro groups is 1. The van der Waals surface area contributed by atoms with Gasteiger partial charge in [0.05, 0.1) is 17.6 Å². The zero-order chi connectivity index (χ0) is 26.1. The molecule has 0 aliphatic rings. The first-order valence-electron chi connectivity index (χ1n) is 11.0. The van der Waals surface area contributed by atoms with Crippen molar-refractivity contribution in [2.24, 2.45) is 0 Å². The molecule has 0 radical (unpaired) electrons. The number of methoxy groups -OCH3 is 1. The van der Waals surface area contributed by atoms with Crippen LogP contribution in [0.3, 0.4) is 0 Å². The van der Waals surface area contributed by atoms with Crippen LogP contribution in [-0.4, -0.2) is 42.2 Å². The van der Waals surface area contributed by atoms with Crippen LogP contribution in [0.25, 0.3) is 0 Å². The SMILES string of the molecule is COC(=O)c1cccc(N(C(=O)CCl)C(C(=O)NCCc2ccccc2)c2ccc([N+](=O)[O-])cc2)c1. The topological polar surface area (TPSA) is 119 Å². The zero-order valence-electron chi connectivity index (χ0n) is 19.4. The van der Waals surface area contributed by atoms with Crippen molar-refractivity contribution in [2.45, 2.75) is 12.5 Å². The van der Waals surface area contributed by atoms with Crippen LogP contribution in [0.5, 0.6) is 0 Å². The van der Waals surface area contributed by atoms with Gasteiger partial charge in [-0.3, -0.25) is 24.6 Å². The van der Waals surface area contributed by atoms with Crippen molar-refractivity contribution in [1.82, 2.24) is 5.32 Å². The zero-order valence-corrected chi connectivity index (χ0v) is 20.2. The molecule has 0 aliphatic heterocycles. The Morgan fingerprint density at radius 2 is 1.72 bits per heavy atom. The lowest BCUT2D eigenvalue weighted by molar-refractivity contribution is -0.384. The van der Waals surface area contributed by atoms with Crippen LogP contribution in [-0.2, 0) is 20.7 Å². The van der Waals surface area contributed by atoms with E-state index in [-0.39, 0.29) is 23.5 Å². The number of benzene rings is 3. The summed E-state index contributed by atoms with van der Waals surface area (Å²) in [5.41, 5.74) is 1.60. The second-order valence-electron chi connectivity index (χ2n) is 7.72. The molecule has 10 heteroatoms. The minimum atomic E-state index is -1.21. The molecule has 1 unspecified atom stereocenters. The molecule has 0 heterocycles. The average Bonchev–Trinajstić information content (AvgIpc) is 2.91. The van der Waals surface area contributed by atoms with E-state index in [2.05, 4.69) is 5.32 Å². The third kappa shape index (κ3) is 6.45. The number of carbonyl (C=O) groups excluding carboxylic acids is 3. The van der Waals surface area contributed by atoms with Crippen LogP contribution in [0.2, 0.25) is 0 Å². The fraction of sp³-hybridized carbons (Fsp3) is 0.192. The molecule has 1 N–H and O–H groups in total. The quantitative estimate of drug-likeness (QED) is 0.190. The van der Waals surface area contributed by atoms with E-state index in [0.29, 0.717) is 12.0 Å². The number of rotatable bonds is 10. The van der Waals surface area contributed by atoms with Crippen molar-refractivity contribution < 1.29 is 24.0 Å². The minimum absolute atomic E-state index is 0.162. The molecule has 1 atom stereocenters. The van der Waals surface area contributed by atoms with E-state index >= 15 is 0 Å². The lowest BCUT2D eigenvalue weighted by Gasteiger charge is -2.31. The maximum Gasteiger partial charge on any atom is 0.337 e. The number of amides is 2. The summed E-state index contributed by atoms with van der Waals surface area (Å²) in [5, 5.41) is 14.0. The average molecular weight is 510 g/mol. The van der Waals surface area contributed by atoms with E-state index in [9.17, 15) is 24.5 Å². The van der Waals surface area contributed by atoms with E-state index in [1.807, 2.05) is 30.3 Å². The van der Waals surface area contributed by atoms with Gasteiger partial charge in [0, 0.05) is 24.4 Å². The molecule has 3 aromatic carbocycles. The van der Waals surface area contributed by atoms with E-state index < -0.39 is 34.6 Å². The molecular weight excluding hydrogens is 486 g/mol. The number of esters is 1. The number of alkyl halides is 1. The van der Waals surface area contributed by atoms with Crippen molar-refractivity contribution in [1.29, 1.82) is 0 Å². The number of anilines is 1. The molecule has 3 rings (SSSR count). The Hall–Kier alpha value is -4.24. The van der Waals surface area contributed by atoms with Crippen LogP contribution < -0.4 is 10.2 Å². The molecule has 0 bridgehead atoms. The molecule has 186 valence electrons. The highest BCUT2D eigenvalue weighted by molar-refractivity contribution is 6.30. The summed E-state index contributed by atoms with van der Waals surface area (Å²) >= 11 is 5.91. The lowest BCUT2D eigenvalue weighted by Crippen LogP contribution is -2.45. The number of hydrogen-bond acceptors (Lipinski definition) is 6. The first kappa shape index (κ1) is 26.4. The highest BCUT2D eigenvalue weighted by Crippen LogP contribution is 2.30. The number of nitrogens with one attached hydrogen (secondary N) is 1. The fourth-order valence-corrected chi connectivity index (χ4v) is 3.80. The van der Waals surface area contributed by atoms with Crippen molar-refractivity contribution >= 4 is 40.8 Å². The van der Waals surface area contributed by atoms with Crippen LogP contribution in [0, 0.1) is 10.1 Å². The molecule has 3 aromatic rings. The Bertz CT molecular complexity index is 1230. The van der Waals surface area contributed by atoms with Gasteiger partial charge in [-0.25, -0.2) is 4.79 Å². The van der Waals surface area contributed by atoms with Crippen molar-refractivity contribution in [3.8, 4) is 0 Å². The lowest BCUT2D eigenvalue weighted by atomic mass is 10.0. The van der Waals surface area contributed by atoms with Crippen LogP contribution >= 0.6 is 11.6 Å². The number of carbonyl (C=O) groups is 3. The summed E-state index contributed by atoms with van der Waals surface area (Å²) in [6, 6.07) is 19.7. The molecule has 0 fully saturated rings. The summed E-state index contributed by atoms with van der Waals surface area (Å²) in [4.78, 5) is 50.4. The predicted molar refractivity (Wildman–Crippen MR) is 135 cm³/mol. The van der Waals surface area contributed by atoms with Crippen LogP contribution in [0.4, 0.5) is 11.4 Å². The molecule has 2 amide bonds. The molecule has 9 nitrogen and oxygen atoms in total. The molecular formula is C26H24ClN3O6. The normalized spacial score (nSPS) is 11.3. The van der Waals surface area contributed by atoms with Gasteiger partial charge in [0.1, 0.15) is 11.9 Å². The number of nitro benzene ring substituents is 1. The fourth-order valence-electron chi connectivity index (χ4n) is 3.67. The molecule has 0 aliphatic carbocycles. The van der Waals surface area contributed by atoms with E-state index in [0.717, 1.165) is 5.56 Å². The van der Waals surface area contributed by atoms with Gasteiger partial charge in [-0.05, 0) is 47.9 Å². The van der Waals surface area contributed by atoms with Crippen LogP contribution in [0.1, 0.15) is 27.5 Å². The smallest absolute Gasteiger partial charge is 0.337 e. The number of hydrogen-bond donors (Lipinski definition) is 1. The highest BCUT2D eigenvalue weighted by Gasteiger charge is 2.33. The molecule has 36 heavy (non-hydrogen) atoms. The largest absolute Gasteiger partial charge is 0.465 e. The first-order chi connectivity index (χ1) is 17.3. The number of non-ortho nitro benzene ring substituents is 1. The maximum atomic E-state index is 13.5. The Kier molecular flexibility index (Phi) is 9.13. The highest BCUT2D eigenvalue weighted by atomic mass is 35.5. The van der Waals surface area contributed by atoms with E-state index in [4.69, 9.17) is 16.3 Å². The molecule has 0 saturated carbocycles. The van der Waals surface area contributed by atoms with E-state index in [1.54, 1.807) is 12.1 Å². The van der Waals surface area contributed by atoms with Gasteiger partial charge in [-0.1, -0.05) is 36.4 Å². The van der Waals surface area contributed by atoms with Gasteiger partial charge < -0.3 is 10.1 Å². The second kappa shape index (κ2) is 12.5. The van der Waals surface area contributed by atoms with Crippen molar-refractivity contribution in [3.05, 3.63) is 106 Å². The summed E-state index contributed by atoms with van der Waals surface area (Å²) < 4.78 is 4.77. The molecule has 0 saturated heterocycles. The number of halogens is 1. The summed E-state index contributed by atoms with van der Waals surface area (Å²) in [6.07, 6.45) is 0.556. The second-order valence-corrected chi connectivity index (χ2v) is 7.98. The summed E-state index contributed by atoms with van der Waals surface area (Å²) in [7, 11) is 1.23. The van der Waals surface area contributed by atoms with Gasteiger partial charge in [-0.15, -0.1) is 11.6 Å². The van der Waals surface area contributed by atoms with Gasteiger partial charge in [0.2, 0.25) is 11.8 Å². The predicted octanol–water partition coefficient (Wildman–Crippen LogP) is 4.05. The Labute approximate surface area is 212 Å². The minimum Gasteiger partial charge on any atom is -0.465 e. The molecule has 0 spiro atoms. The Morgan fingerprint density at radius 1 is 1.03 bits per heavy atom. The third-order valence-electron chi connectivity index (χ3n) is 5.41. The first-order valence-corrected chi connectivity index (χ1v) is 11.5. The number of nitrogens with zero attached hydrogens (tertiary/aromatic N) is 2.